The fraction of sp³-hybridized carbons (Fsp3) is 0.500. The van der Waals surface area contributed by atoms with Crippen LogP contribution in [0.25, 0.3) is 11.1 Å². The third kappa shape index (κ3) is 2.65. The minimum atomic E-state index is -0.309. The minimum absolute atomic E-state index is 0.0748. The molecule has 1 unspecified atom stereocenters. The number of likely N-dealkylation sites (tertiary alicyclic amines) is 1. The Hall–Kier alpha value is -1.88. The lowest BCUT2D eigenvalue weighted by atomic mass is 9.89. The van der Waals surface area contributed by atoms with Crippen molar-refractivity contribution in [3.63, 3.8) is 0 Å². The average Bonchev–Trinajstić information content (AvgIpc) is 3.01. The Morgan fingerprint density at radius 3 is 3.00 bits per heavy atom. The molecule has 0 saturated carbocycles. The largest absolute Gasteiger partial charge is 0.439 e. The average molecular weight is 287 g/mol. The van der Waals surface area contributed by atoms with E-state index in [4.69, 9.17) is 4.42 Å². The maximum atomic E-state index is 12.4. The van der Waals surface area contributed by atoms with Gasteiger partial charge in [-0.3, -0.25) is 4.79 Å². The Bertz CT molecular complexity index is 679. The molecule has 5 nitrogen and oxygen atoms in total. The number of carbonyl (C=O) groups excluding carboxylic acids is 1. The van der Waals surface area contributed by atoms with E-state index in [2.05, 4.69) is 15.2 Å². The molecule has 21 heavy (non-hydrogen) atoms. The van der Waals surface area contributed by atoms with Crippen LogP contribution >= 0.6 is 0 Å². The molecule has 0 aliphatic carbocycles. The summed E-state index contributed by atoms with van der Waals surface area (Å²) in [5.41, 5.74) is 2.41. The van der Waals surface area contributed by atoms with Crippen LogP contribution in [0, 0.1) is 12.3 Å². The SMILES string of the molecule is Cc1cccc2oc(CNC(=O)C3(C)CCN(C)C3)nc12. The summed E-state index contributed by atoms with van der Waals surface area (Å²) in [4.78, 5) is 19.0. The number of hydrogen-bond acceptors (Lipinski definition) is 4. The first kappa shape index (κ1) is 14.1. The van der Waals surface area contributed by atoms with Crippen molar-refractivity contribution in [1.29, 1.82) is 0 Å². The van der Waals surface area contributed by atoms with Gasteiger partial charge < -0.3 is 14.6 Å². The Labute approximate surface area is 124 Å². The molecular formula is C16H21N3O2. The van der Waals surface area contributed by atoms with Crippen molar-refractivity contribution in [2.45, 2.75) is 26.8 Å². The number of para-hydroxylation sites is 1. The standard InChI is InChI=1S/C16H21N3O2/c1-11-5-4-6-12-14(11)18-13(21-12)9-17-15(20)16(2)7-8-19(3)10-16/h4-6H,7-10H2,1-3H3,(H,17,20). The Morgan fingerprint density at radius 1 is 1.52 bits per heavy atom. The molecule has 2 aromatic rings. The quantitative estimate of drug-likeness (QED) is 0.939. The summed E-state index contributed by atoms with van der Waals surface area (Å²) in [6, 6.07) is 5.84. The van der Waals surface area contributed by atoms with Gasteiger partial charge in [-0.25, -0.2) is 4.98 Å². The molecule has 1 aliphatic heterocycles. The van der Waals surface area contributed by atoms with E-state index in [1.807, 2.05) is 39.1 Å². The van der Waals surface area contributed by atoms with Gasteiger partial charge >= 0.3 is 0 Å². The highest BCUT2D eigenvalue weighted by atomic mass is 16.3. The maximum Gasteiger partial charge on any atom is 0.227 e. The fourth-order valence-corrected chi connectivity index (χ4v) is 2.95. The predicted molar refractivity (Wildman–Crippen MR) is 80.8 cm³/mol. The molecule has 3 rings (SSSR count). The molecule has 1 atom stereocenters. The van der Waals surface area contributed by atoms with Crippen molar-refractivity contribution in [2.75, 3.05) is 20.1 Å². The third-order valence-electron chi connectivity index (χ3n) is 4.28. The number of nitrogens with zero attached hydrogens (tertiary/aromatic N) is 2. The number of nitrogens with one attached hydrogen (secondary N) is 1. The van der Waals surface area contributed by atoms with Gasteiger partial charge in [-0.1, -0.05) is 12.1 Å². The van der Waals surface area contributed by atoms with Crippen LogP contribution in [0.3, 0.4) is 0 Å². The Kier molecular flexibility index (Phi) is 3.45. The van der Waals surface area contributed by atoms with Gasteiger partial charge in [0.15, 0.2) is 5.58 Å². The molecule has 1 amide bonds. The molecule has 0 spiro atoms. The number of oxazole rings is 1. The minimum Gasteiger partial charge on any atom is -0.439 e. The van der Waals surface area contributed by atoms with E-state index in [-0.39, 0.29) is 11.3 Å². The van der Waals surface area contributed by atoms with Crippen LogP contribution in [0.4, 0.5) is 0 Å². The number of aromatic nitrogens is 1. The summed E-state index contributed by atoms with van der Waals surface area (Å²) in [5, 5.41) is 2.96. The van der Waals surface area contributed by atoms with E-state index in [0.717, 1.165) is 36.2 Å². The summed E-state index contributed by atoms with van der Waals surface area (Å²) in [7, 11) is 2.04. The smallest absolute Gasteiger partial charge is 0.227 e. The number of aryl methyl sites for hydroxylation is 1. The second-order valence-electron chi connectivity index (χ2n) is 6.26. The van der Waals surface area contributed by atoms with E-state index < -0.39 is 0 Å². The van der Waals surface area contributed by atoms with Crippen molar-refractivity contribution in [3.8, 4) is 0 Å². The summed E-state index contributed by atoms with van der Waals surface area (Å²) >= 11 is 0. The zero-order valence-corrected chi connectivity index (χ0v) is 12.8. The zero-order valence-electron chi connectivity index (χ0n) is 12.8. The van der Waals surface area contributed by atoms with Gasteiger partial charge in [-0.05, 0) is 45.5 Å². The lowest BCUT2D eigenvalue weighted by Gasteiger charge is -2.22. The topological polar surface area (TPSA) is 58.4 Å². The van der Waals surface area contributed by atoms with Crippen LogP contribution < -0.4 is 5.32 Å². The van der Waals surface area contributed by atoms with Crippen LogP contribution in [0.2, 0.25) is 0 Å². The lowest BCUT2D eigenvalue weighted by molar-refractivity contribution is -0.129. The highest BCUT2D eigenvalue weighted by Gasteiger charge is 2.38. The molecule has 1 saturated heterocycles. The van der Waals surface area contributed by atoms with E-state index >= 15 is 0 Å². The number of benzene rings is 1. The predicted octanol–water partition coefficient (Wildman–Crippen LogP) is 2.09. The number of rotatable bonds is 3. The second kappa shape index (κ2) is 5.15. The first-order valence-electron chi connectivity index (χ1n) is 7.30. The zero-order chi connectivity index (χ0) is 15.0. The van der Waals surface area contributed by atoms with Gasteiger partial charge in [-0.15, -0.1) is 0 Å². The molecule has 5 heteroatoms. The monoisotopic (exact) mass is 287 g/mol. The van der Waals surface area contributed by atoms with Crippen molar-refractivity contribution in [3.05, 3.63) is 29.7 Å². The summed E-state index contributed by atoms with van der Waals surface area (Å²) in [6.07, 6.45) is 0.891. The van der Waals surface area contributed by atoms with E-state index in [1.54, 1.807) is 0 Å². The van der Waals surface area contributed by atoms with Gasteiger partial charge in [0.1, 0.15) is 5.52 Å². The van der Waals surface area contributed by atoms with Crippen LogP contribution in [0.1, 0.15) is 24.8 Å². The van der Waals surface area contributed by atoms with Gasteiger partial charge in [-0.2, -0.15) is 0 Å². The van der Waals surface area contributed by atoms with Crippen molar-refractivity contribution >= 4 is 17.0 Å². The first-order chi connectivity index (χ1) is 9.98. The van der Waals surface area contributed by atoms with Gasteiger partial charge in [0.2, 0.25) is 11.8 Å². The molecule has 1 aromatic heterocycles. The van der Waals surface area contributed by atoms with Crippen molar-refractivity contribution in [2.24, 2.45) is 5.41 Å². The molecule has 2 heterocycles. The van der Waals surface area contributed by atoms with Crippen LogP contribution in [-0.4, -0.2) is 35.9 Å². The lowest BCUT2D eigenvalue weighted by Crippen LogP contribution is -2.40. The van der Waals surface area contributed by atoms with Gasteiger partial charge in [0.25, 0.3) is 0 Å². The number of carbonyl (C=O) groups is 1. The Balaban J connectivity index is 1.69. The Morgan fingerprint density at radius 2 is 2.33 bits per heavy atom. The second-order valence-corrected chi connectivity index (χ2v) is 6.26. The third-order valence-corrected chi connectivity index (χ3v) is 4.28. The molecule has 0 radical (unpaired) electrons. The maximum absolute atomic E-state index is 12.4. The van der Waals surface area contributed by atoms with E-state index in [9.17, 15) is 4.79 Å². The van der Waals surface area contributed by atoms with E-state index in [0.29, 0.717) is 12.4 Å². The molecule has 1 aromatic carbocycles. The number of hydrogen-bond donors (Lipinski definition) is 1. The highest BCUT2D eigenvalue weighted by molar-refractivity contribution is 5.83. The molecule has 1 fully saturated rings. The highest BCUT2D eigenvalue weighted by Crippen LogP contribution is 2.29. The first-order valence-corrected chi connectivity index (χ1v) is 7.30. The summed E-state index contributed by atoms with van der Waals surface area (Å²) < 4.78 is 5.68. The number of fused-ring (bicyclic) bond motifs is 1. The van der Waals surface area contributed by atoms with Crippen LogP contribution in [-0.2, 0) is 11.3 Å². The van der Waals surface area contributed by atoms with Crippen molar-refractivity contribution < 1.29 is 9.21 Å². The number of amides is 1. The van der Waals surface area contributed by atoms with Gasteiger partial charge in [0.05, 0.1) is 12.0 Å². The molecule has 1 aliphatic rings. The van der Waals surface area contributed by atoms with E-state index in [1.165, 1.54) is 0 Å². The normalized spacial score (nSPS) is 22.8. The van der Waals surface area contributed by atoms with Gasteiger partial charge in [0, 0.05) is 6.54 Å². The summed E-state index contributed by atoms with van der Waals surface area (Å²) in [6.45, 7) is 6.12. The molecular weight excluding hydrogens is 266 g/mol. The fourth-order valence-electron chi connectivity index (χ4n) is 2.95. The van der Waals surface area contributed by atoms with Crippen LogP contribution in [0.15, 0.2) is 22.6 Å². The van der Waals surface area contributed by atoms with Crippen LogP contribution in [0.5, 0.6) is 0 Å². The van der Waals surface area contributed by atoms with Crippen molar-refractivity contribution in [1.82, 2.24) is 15.2 Å². The summed E-state index contributed by atoms with van der Waals surface area (Å²) in [5.74, 6) is 0.633. The molecule has 0 bridgehead atoms. The molecule has 1 N–H and O–H groups in total. The molecule has 112 valence electrons.